The Bertz CT molecular complexity index is 1360. The van der Waals surface area contributed by atoms with Gasteiger partial charge in [-0.3, -0.25) is 9.78 Å². The smallest absolute Gasteiger partial charge is 0.255 e. The Morgan fingerprint density at radius 1 is 1.11 bits per heavy atom. The second kappa shape index (κ2) is 8.27. The first kappa shape index (κ1) is 22.9. The minimum atomic E-state index is -1.31. The predicted molar refractivity (Wildman–Crippen MR) is 132 cm³/mol. The highest BCUT2D eigenvalue weighted by atomic mass is 19.1. The van der Waals surface area contributed by atoms with Crippen molar-refractivity contribution in [3.05, 3.63) is 47.8 Å². The summed E-state index contributed by atoms with van der Waals surface area (Å²) in [6, 6.07) is 9.48. The number of pyridine rings is 1. The van der Waals surface area contributed by atoms with Gasteiger partial charge in [0.1, 0.15) is 11.7 Å². The number of nitriles is 1. The van der Waals surface area contributed by atoms with Crippen LogP contribution in [0.15, 0.2) is 36.7 Å². The Kier molecular flexibility index (Phi) is 5.27. The molecule has 3 aromatic rings. The number of aliphatic hydroxyl groups is 1. The number of fused-ring (bicyclic) bond motifs is 4. The first-order valence-corrected chi connectivity index (χ1v) is 12.7. The van der Waals surface area contributed by atoms with Crippen LogP contribution in [0.5, 0.6) is 0 Å². The van der Waals surface area contributed by atoms with Gasteiger partial charge in [0.05, 0.1) is 52.1 Å². The van der Waals surface area contributed by atoms with Gasteiger partial charge in [-0.05, 0) is 82.1 Å². The SMILES string of the molecule is N#Cc1cnn2c(-c3cc(NC45CCC(O)(CC4)CC5)c(C(=O)NCC4(F)CCC4)cn3)ccc2c1. The largest absolute Gasteiger partial charge is 0.390 e. The van der Waals surface area contributed by atoms with Crippen LogP contribution in [0.3, 0.4) is 0 Å². The van der Waals surface area contributed by atoms with Crippen LogP contribution in [0, 0.1) is 11.3 Å². The number of rotatable bonds is 6. The minimum absolute atomic E-state index is 0.000312. The lowest BCUT2D eigenvalue weighted by Crippen LogP contribution is -2.54. The van der Waals surface area contributed by atoms with Crippen molar-refractivity contribution in [3.63, 3.8) is 0 Å². The number of aromatic nitrogens is 3. The molecule has 0 radical (unpaired) electrons. The van der Waals surface area contributed by atoms with Gasteiger partial charge >= 0.3 is 0 Å². The van der Waals surface area contributed by atoms with Crippen molar-refractivity contribution in [2.24, 2.45) is 0 Å². The average molecular weight is 489 g/mol. The van der Waals surface area contributed by atoms with E-state index >= 15 is 0 Å². The monoisotopic (exact) mass is 488 g/mol. The van der Waals surface area contributed by atoms with Crippen molar-refractivity contribution in [2.75, 3.05) is 11.9 Å². The van der Waals surface area contributed by atoms with Crippen LogP contribution in [0.2, 0.25) is 0 Å². The zero-order chi connectivity index (χ0) is 25.0. The molecule has 8 nitrogen and oxygen atoms in total. The molecule has 9 heteroatoms. The molecule has 36 heavy (non-hydrogen) atoms. The molecule has 1 amide bonds. The number of amides is 1. The lowest BCUT2D eigenvalue weighted by Gasteiger charge is -2.51. The van der Waals surface area contributed by atoms with Gasteiger partial charge in [0.25, 0.3) is 5.91 Å². The molecule has 0 atom stereocenters. The maximum atomic E-state index is 14.6. The maximum Gasteiger partial charge on any atom is 0.255 e. The summed E-state index contributed by atoms with van der Waals surface area (Å²) in [5, 5.41) is 30.7. The summed E-state index contributed by atoms with van der Waals surface area (Å²) < 4.78 is 16.3. The zero-order valence-corrected chi connectivity index (χ0v) is 20.1. The van der Waals surface area contributed by atoms with E-state index in [-0.39, 0.29) is 18.0 Å². The van der Waals surface area contributed by atoms with Crippen molar-refractivity contribution in [1.29, 1.82) is 5.26 Å². The van der Waals surface area contributed by atoms with E-state index in [0.717, 1.165) is 56.2 Å². The van der Waals surface area contributed by atoms with Gasteiger partial charge in [0, 0.05) is 11.7 Å². The van der Waals surface area contributed by atoms with Crippen molar-refractivity contribution in [3.8, 4) is 17.5 Å². The molecule has 0 aliphatic heterocycles. The van der Waals surface area contributed by atoms with Crippen molar-refractivity contribution < 1.29 is 14.3 Å². The summed E-state index contributed by atoms with van der Waals surface area (Å²) in [5.41, 5.74) is 1.56. The van der Waals surface area contributed by atoms with Crippen LogP contribution in [-0.4, -0.2) is 49.0 Å². The van der Waals surface area contributed by atoms with Gasteiger partial charge in [-0.1, -0.05) is 0 Å². The summed E-state index contributed by atoms with van der Waals surface area (Å²) in [7, 11) is 0. The Morgan fingerprint density at radius 3 is 2.53 bits per heavy atom. The molecule has 3 N–H and O–H groups in total. The summed E-state index contributed by atoms with van der Waals surface area (Å²) in [6.07, 6.45) is 9.52. The fourth-order valence-electron chi connectivity index (χ4n) is 5.84. The lowest BCUT2D eigenvalue weighted by atomic mass is 9.63. The van der Waals surface area contributed by atoms with Gasteiger partial charge in [-0.25, -0.2) is 8.91 Å². The molecule has 2 bridgehead atoms. The van der Waals surface area contributed by atoms with E-state index in [9.17, 15) is 19.6 Å². The van der Waals surface area contributed by atoms with Gasteiger partial charge in [0.15, 0.2) is 0 Å². The Morgan fingerprint density at radius 2 is 1.86 bits per heavy atom. The highest BCUT2D eigenvalue weighted by molar-refractivity contribution is 6.00. The highest BCUT2D eigenvalue weighted by Gasteiger charge is 2.48. The van der Waals surface area contributed by atoms with E-state index in [1.165, 1.54) is 6.20 Å². The third-order valence-corrected chi connectivity index (χ3v) is 8.46. The van der Waals surface area contributed by atoms with Crippen LogP contribution in [0.1, 0.15) is 73.7 Å². The van der Waals surface area contributed by atoms with Crippen LogP contribution in [0.25, 0.3) is 16.9 Å². The van der Waals surface area contributed by atoms with Crippen molar-refractivity contribution >= 4 is 17.1 Å². The first-order valence-electron chi connectivity index (χ1n) is 12.7. The molecule has 3 heterocycles. The second-order valence-electron chi connectivity index (χ2n) is 10.8. The number of nitrogens with zero attached hydrogens (tertiary/aromatic N) is 4. The molecule has 0 saturated heterocycles. The fraction of sp³-hybridized carbons (Fsp3) is 0.481. The second-order valence-corrected chi connectivity index (χ2v) is 10.8. The Hall–Kier alpha value is -3.51. The van der Waals surface area contributed by atoms with E-state index in [4.69, 9.17) is 0 Å². The standard InChI is InChI=1S/C27H29FN6O2/c28-25(4-1-5-25)17-31-24(35)20-16-30-22(23-3-2-19-12-18(14-29)15-32-34(19)23)13-21(20)33-26-6-9-27(36,10-7-26)11-8-26/h2-3,12-13,15-16,36H,1,4-11,17H2,(H,30,33)(H,31,35). The molecule has 3 aromatic heterocycles. The number of anilines is 1. The number of halogens is 1. The zero-order valence-electron chi connectivity index (χ0n) is 20.1. The third kappa shape index (κ3) is 3.99. The van der Waals surface area contributed by atoms with Crippen molar-refractivity contribution in [1.82, 2.24) is 19.9 Å². The molecule has 186 valence electrons. The van der Waals surface area contributed by atoms with E-state index in [0.29, 0.717) is 35.3 Å². The Balaban J connectivity index is 1.35. The molecule has 0 spiro atoms. The Labute approximate surface area is 208 Å². The van der Waals surface area contributed by atoms with Crippen LogP contribution < -0.4 is 10.6 Å². The van der Waals surface area contributed by atoms with E-state index in [2.05, 4.69) is 26.8 Å². The number of nitrogens with one attached hydrogen (secondary N) is 2. The number of carbonyl (C=O) groups excluding carboxylic acids is 1. The predicted octanol–water partition coefficient (Wildman–Crippen LogP) is 4.14. The van der Waals surface area contributed by atoms with Crippen molar-refractivity contribution in [2.45, 2.75) is 74.6 Å². The van der Waals surface area contributed by atoms with Gasteiger partial charge in [-0.15, -0.1) is 0 Å². The summed E-state index contributed by atoms with van der Waals surface area (Å²) in [5.74, 6) is -0.350. The van der Waals surface area contributed by atoms with E-state index in [1.807, 2.05) is 18.2 Å². The number of alkyl halides is 1. The normalized spacial score (nSPS) is 26.2. The number of hydrogen-bond acceptors (Lipinski definition) is 6. The molecule has 0 unspecified atom stereocenters. The van der Waals surface area contributed by atoms with Crippen LogP contribution >= 0.6 is 0 Å². The molecule has 4 saturated carbocycles. The topological polar surface area (TPSA) is 115 Å². The molecule has 4 fully saturated rings. The lowest BCUT2D eigenvalue weighted by molar-refractivity contribution is -0.0580. The number of hydrogen-bond donors (Lipinski definition) is 3. The summed E-state index contributed by atoms with van der Waals surface area (Å²) >= 11 is 0. The fourth-order valence-corrected chi connectivity index (χ4v) is 5.84. The quantitative estimate of drug-likeness (QED) is 0.480. The summed E-state index contributed by atoms with van der Waals surface area (Å²) in [4.78, 5) is 17.8. The molecule has 7 rings (SSSR count). The third-order valence-electron chi connectivity index (χ3n) is 8.46. The van der Waals surface area contributed by atoms with Crippen LogP contribution in [0.4, 0.5) is 10.1 Å². The molecule has 4 aliphatic rings. The van der Waals surface area contributed by atoms with E-state index < -0.39 is 11.3 Å². The van der Waals surface area contributed by atoms with Crippen LogP contribution in [-0.2, 0) is 0 Å². The van der Waals surface area contributed by atoms with Gasteiger partial charge in [0.2, 0.25) is 0 Å². The average Bonchev–Trinajstić information content (AvgIpc) is 3.30. The molecule has 4 aliphatic carbocycles. The first-order chi connectivity index (χ1) is 17.3. The molecular formula is C27H29FN6O2. The molecular weight excluding hydrogens is 459 g/mol. The van der Waals surface area contributed by atoms with Gasteiger partial charge < -0.3 is 15.7 Å². The number of carbonyl (C=O) groups is 1. The van der Waals surface area contributed by atoms with E-state index in [1.54, 1.807) is 16.8 Å². The summed E-state index contributed by atoms with van der Waals surface area (Å²) in [6.45, 7) is -0.000312. The van der Waals surface area contributed by atoms with Gasteiger partial charge in [-0.2, -0.15) is 10.4 Å². The highest BCUT2D eigenvalue weighted by Crippen LogP contribution is 2.48. The minimum Gasteiger partial charge on any atom is -0.390 e. The maximum absolute atomic E-state index is 14.6. The molecule has 0 aromatic carbocycles.